The van der Waals surface area contributed by atoms with Crippen LogP contribution in [0.15, 0.2) is 47.9 Å². The van der Waals surface area contributed by atoms with Gasteiger partial charge in [-0.3, -0.25) is 10.2 Å². The number of para-hydroxylation sites is 1. The minimum Gasteiger partial charge on any atom is -0.375 e. The van der Waals surface area contributed by atoms with Crippen molar-refractivity contribution in [2.75, 3.05) is 32.0 Å². The minimum absolute atomic E-state index is 0.0512. The Hall–Kier alpha value is -2.67. The first kappa shape index (κ1) is 19.1. The summed E-state index contributed by atoms with van der Waals surface area (Å²) in [7, 11) is 1.83. The lowest BCUT2D eigenvalue weighted by atomic mass is 10.1. The second kappa shape index (κ2) is 8.81. The molecular weight excluding hydrogens is 364 g/mol. The molecule has 8 heteroatoms. The Labute approximate surface area is 164 Å². The fourth-order valence-electron chi connectivity index (χ4n) is 3.28. The number of piperidine rings is 1. The van der Waals surface area contributed by atoms with Crippen molar-refractivity contribution >= 4 is 29.0 Å². The Morgan fingerprint density at radius 3 is 2.93 bits per heavy atom. The molecule has 1 atom stereocenters. The average molecular weight is 389 g/mol. The van der Waals surface area contributed by atoms with E-state index in [0.717, 1.165) is 36.5 Å². The molecule has 1 fully saturated rings. The van der Waals surface area contributed by atoms with Gasteiger partial charge >= 0.3 is 0 Å². The summed E-state index contributed by atoms with van der Waals surface area (Å²) in [4.78, 5) is 14.5. The first-order chi connectivity index (χ1) is 13.1. The molecule has 0 radical (unpaired) electrons. The van der Waals surface area contributed by atoms with E-state index in [1.54, 1.807) is 12.3 Å². The van der Waals surface area contributed by atoms with E-state index >= 15 is 0 Å². The SMILES string of the molecule is CN/C(N[C@H]1CCCN(C(=O)CNc2ccccc2Cl)C1)=C1/C=CNC1=N. The van der Waals surface area contributed by atoms with E-state index in [-0.39, 0.29) is 18.5 Å². The number of amidine groups is 1. The highest BCUT2D eigenvalue weighted by Crippen LogP contribution is 2.20. The molecule has 1 aromatic rings. The molecule has 2 heterocycles. The minimum atomic E-state index is 0.0512. The zero-order valence-corrected chi connectivity index (χ0v) is 16.1. The lowest BCUT2D eigenvalue weighted by Gasteiger charge is -2.34. The molecule has 1 aromatic carbocycles. The topological polar surface area (TPSA) is 92.3 Å². The van der Waals surface area contributed by atoms with Crippen LogP contribution in [-0.4, -0.2) is 49.4 Å². The van der Waals surface area contributed by atoms with Crippen molar-refractivity contribution in [1.29, 1.82) is 5.41 Å². The number of nitrogens with zero attached hydrogens (tertiary/aromatic N) is 1. The molecule has 144 valence electrons. The summed E-state index contributed by atoms with van der Waals surface area (Å²) in [6, 6.07) is 7.54. The van der Waals surface area contributed by atoms with Gasteiger partial charge in [-0.25, -0.2) is 0 Å². The summed E-state index contributed by atoms with van der Waals surface area (Å²) < 4.78 is 0. The third kappa shape index (κ3) is 4.74. The quantitative estimate of drug-likeness (QED) is 0.513. The van der Waals surface area contributed by atoms with Crippen molar-refractivity contribution in [3.05, 3.63) is 53.0 Å². The van der Waals surface area contributed by atoms with Crippen molar-refractivity contribution in [2.45, 2.75) is 18.9 Å². The zero-order valence-electron chi connectivity index (χ0n) is 15.3. The molecule has 0 aliphatic carbocycles. The number of halogens is 1. The standard InChI is InChI=1S/C19H25ClN6O/c1-22-19(14-8-9-23-18(14)21)25-13-5-4-10-26(12-13)17(27)11-24-16-7-3-2-6-15(16)20/h2-3,6-9,13,22,24-25H,4-5,10-12H2,1H3,(H2,21,23)/b19-14+/t13-/m0/s1. The fourth-order valence-corrected chi connectivity index (χ4v) is 3.48. The molecule has 2 aliphatic rings. The molecule has 0 bridgehead atoms. The van der Waals surface area contributed by atoms with Crippen LogP contribution in [0.25, 0.3) is 0 Å². The molecule has 1 amide bonds. The number of carbonyl (C=O) groups is 1. The predicted octanol–water partition coefficient (Wildman–Crippen LogP) is 1.86. The van der Waals surface area contributed by atoms with E-state index < -0.39 is 0 Å². The molecule has 7 nitrogen and oxygen atoms in total. The van der Waals surface area contributed by atoms with E-state index in [9.17, 15) is 4.79 Å². The Kier molecular flexibility index (Phi) is 6.24. The van der Waals surface area contributed by atoms with Crippen LogP contribution < -0.4 is 21.3 Å². The monoisotopic (exact) mass is 388 g/mol. The Balaban J connectivity index is 1.57. The van der Waals surface area contributed by atoms with E-state index in [2.05, 4.69) is 21.3 Å². The normalized spacial score (nSPS) is 20.9. The highest BCUT2D eigenvalue weighted by atomic mass is 35.5. The lowest BCUT2D eigenvalue weighted by Crippen LogP contribution is -2.50. The largest absolute Gasteiger partial charge is 0.375 e. The van der Waals surface area contributed by atoms with Crippen molar-refractivity contribution in [1.82, 2.24) is 20.9 Å². The highest BCUT2D eigenvalue weighted by molar-refractivity contribution is 6.33. The van der Waals surface area contributed by atoms with Crippen LogP contribution in [0.4, 0.5) is 5.69 Å². The summed E-state index contributed by atoms with van der Waals surface area (Å²) in [6.07, 6.45) is 5.52. The van der Waals surface area contributed by atoms with Crippen LogP contribution in [0.3, 0.4) is 0 Å². The van der Waals surface area contributed by atoms with Crippen LogP contribution in [0.1, 0.15) is 12.8 Å². The molecule has 0 aromatic heterocycles. The summed E-state index contributed by atoms with van der Waals surface area (Å²) in [5, 5.41) is 21.1. The summed E-state index contributed by atoms with van der Waals surface area (Å²) >= 11 is 6.13. The fraction of sp³-hybridized carbons (Fsp3) is 0.368. The van der Waals surface area contributed by atoms with Gasteiger partial charge in [0.1, 0.15) is 11.7 Å². The van der Waals surface area contributed by atoms with Crippen molar-refractivity contribution in [3.8, 4) is 0 Å². The average Bonchev–Trinajstić information content (AvgIpc) is 3.11. The van der Waals surface area contributed by atoms with E-state index in [1.165, 1.54) is 0 Å². The molecule has 3 rings (SSSR count). The first-order valence-corrected chi connectivity index (χ1v) is 9.43. The Bertz CT molecular complexity index is 775. The Morgan fingerprint density at radius 1 is 1.41 bits per heavy atom. The van der Waals surface area contributed by atoms with Crippen molar-refractivity contribution in [3.63, 3.8) is 0 Å². The van der Waals surface area contributed by atoms with Crippen LogP contribution >= 0.6 is 11.6 Å². The summed E-state index contributed by atoms with van der Waals surface area (Å²) in [5.74, 6) is 1.21. The van der Waals surface area contributed by atoms with Crippen LogP contribution in [-0.2, 0) is 4.79 Å². The van der Waals surface area contributed by atoms with Gasteiger partial charge in [-0.1, -0.05) is 23.7 Å². The summed E-state index contributed by atoms with van der Waals surface area (Å²) in [5.41, 5.74) is 1.56. The molecule has 1 saturated heterocycles. The predicted molar refractivity (Wildman–Crippen MR) is 109 cm³/mol. The third-order valence-corrected chi connectivity index (χ3v) is 5.02. The number of carbonyl (C=O) groups excluding carboxylic acids is 1. The lowest BCUT2D eigenvalue weighted by molar-refractivity contribution is -0.130. The van der Waals surface area contributed by atoms with Gasteiger partial charge in [0.05, 0.1) is 22.8 Å². The van der Waals surface area contributed by atoms with E-state index in [4.69, 9.17) is 17.0 Å². The van der Waals surface area contributed by atoms with Gasteiger partial charge < -0.3 is 26.2 Å². The second-order valence-corrected chi connectivity index (χ2v) is 6.96. The third-order valence-electron chi connectivity index (χ3n) is 4.69. The molecule has 0 saturated carbocycles. The number of hydrogen-bond acceptors (Lipinski definition) is 5. The van der Waals surface area contributed by atoms with Crippen molar-refractivity contribution in [2.24, 2.45) is 0 Å². The van der Waals surface area contributed by atoms with Crippen molar-refractivity contribution < 1.29 is 4.79 Å². The second-order valence-electron chi connectivity index (χ2n) is 6.55. The van der Waals surface area contributed by atoms with Gasteiger partial charge in [0, 0.05) is 32.4 Å². The van der Waals surface area contributed by atoms with Gasteiger partial charge in [-0.15, -0.1) is 0 Å². The number of benzene rings is 1. The van der Waals surface area contributed by atoms with Crippen LogP contribution in [0, 0.1) is 5.41 Å². The number of hydrogen-bond donors (Lipinski definition) is 5. The molecule has 0 spiro atoms. The number of amides is 1. The molecule has 2 aliphatic heterocycles. The van der Waals surface area contributed by atoms with Gasteiger partial charge in [-0.05, 0) is 31.1 Å². The smallest absolute Gasteiger partial charge is 0.241 e. The maximum absolute atomic E-state index is 12.6. The Morgan fingerprint density at radius 2 is 2.22 bits per heavy atom. The number of rotatable bonds is 6. The number of anilines is 1. The van der Waals surface area contributed by atoms with Crippen LogP contribution in [0.2, 0.25) is 5.02 Å². The van der Waals surface area contributed by atoms with Gasteiger partial charge in [0.15, 0.2) is 0 Å². The van der Waals surface area contributed by atoms with E-state index in [1.807, 2.05) is 36.2 Å². The van der Waals surface area contributed by atoms with Crippen LogP contribution in [0.5, 0.6) is 0 Å². The van der Waals surface area contributed by atoms with Gasteiger partial charge in [-0.2, -0.15) is 0 Å². The molecule has 0 unspecified atom stereocenters. The maximum atomic E-state index is 12.6. The molecule has 27 heavy (non-hydrogen) atoms. The van der Waals surface area contributed by atoms with Gasteiger partial charge in [0.25, 0.3) is 0 Å². The number of nitrogens with one attached hydrogen (secondary N) is 5. The van der Waals surface area contributed by atoms with E-state index in [0.29, 0.717) is 17.4 Å². The molecule has 5 N–H and O–H groups in total. The first-order valence-electron chi connectivity index (χ1n) is 9.05. The molecular formula is C19H25ClN6O. The highest BCUT2D eigenvalue weighted by Gasteiger charge is 2.25. The zero-order chi connectivity index (χ0) is 19.2. The summed E-state index contributed by atoms with van der Waals surface area (Å²) in [6.45, 7) is 1.60. The van der Waals surface area contributed by atoms with Gasteiger partial charge in [0.2, 0.25) is 5.91 Å². The maximum Gasteiger partial charge on any atom is 0.241 e. The number of likely N-dealkylation sites (tertiary alicyclic amines) is 1.